The Morgan fingerprint density at radius 3 is 1.96 bits per heavy atom. The molecule has 0 saturated carbocycles. The molecule has 0 atom stereocenters. The van der Waals surface area contributed by atoms with Crippen LogP contribution in [0, 0.1) is 0 Å². The van der Waals surface area contributed by atoms with Crippen LogP contribution in [0.15, 0.2) is 186 Å². The highest BCUT2D eigenvalue weighted by atomic mass is 16.3. The zero-order valence-corrected chi connectivity index (χ0v) is 30.5. The maximum absolute atomic E-state index is 6.21. The van der Waals surface area contributed by atoms with Crippen LogP contribution in [0.3, 0.4) is 0 Å². The predicted molar refractivity (Wildman–Crippen MR) is 236 cm³/mol. The summed E-state index contributed by atoms with van der Waals surface area (Å²) in [5.74, 6) is 0.632. The summed E-state index contributed by atoms with van der Waals surface area (Å²) >= 11 is 0. The number of aromatic nitrogens is 4. The Morgan fingerprint density at radius 1 is 0.368 bits per heavy atom. The van der Waals surface area contributed by atoms with Gasteiger partial charge in [-0.05, 0) is 82.9 Å². The molecule has 5 heteroatoms. The minimum absolute atomic E-state index is 0.632. The molecule has 0 spiro atoms. The van der Waals surface area contributed by atoms with Crippen LogP contribution >= 0.6 is 0 Å². The van der Waals surface area contributed by atoms with E-state index >= 15 is 0 Å². The summed E-state index contributed by atoms with van der Waals surface area (Å²) in [6.45, 7) is 0. The van der Waals surface area contributed by atoms with E-state index in [2.05, 4.69) is 179 Å². The summed E-state index contributed by atoms with van der Waals surface area (Å²) in [7, 11) is 0. The number of furan rings is 1. The minimum Gasteiger partial charge on any atom is -0.456 e. The van der Waals surface area contributed by atoms with Gasteiger partial charge >= 0.3 is 0 Å². The molecule has 0 bridgehead atoms. The summed E-state index contributed by atoms with van der Waals surface area (Å²) in [5, 5.41) is 12.8. The molecule has 4 heterocycles. The van der Waals surface area contributed by atoms with Gasteiger partial charge in [0.05, 0.1) is 39.0 Å². The van der Waals surface area contributed by atoms with E-state index in [1.165, 1.54) is 38.0 Å². The van der Waals surface area contributed by atoms with E-state index in [-0.39, 0.29) is 0 Å². The summed E-state index contributed by atoms with van der Waals surface area (Å²) in [6, 6.07) is 64.9. The molecule has 5 nitrogen and oxygen atoms in total. The van der Waals surface area contributed by atoms with Crippen molar-refractivity contribution in [1.82, 2.24) is 19.1 Å². The van der Waals surface area contributed by atoms with Crippen molar-refractivity contribution in [2.75, 3.05) is 0 Å². The number of rotatable bonds is 3. The van der Waals surface area contributed by atoms with Gasteiger partial charge in [0.25, 0.3) is 0 Å². The maximum atomic E-state index is 6.21. The molecule has 0 fully saturated rings. The van der Waals surface area contributed by atoms with Crippen LogP contribution in [-0.2, 0) is 0 Å². The van der Waals surface area contributed by atoms with Crippen molar-refractivity contribution in [1.29, 1.82) is 0 Å². The van der Waals surface area contributed by atoms with Crippen LogP contribution in [0.4, 0.5) is 0 Å². The van der Waals surface area contributed by atoms with Crippen LogP contribution in [0.1, 0.15) is 0 Å². The van der Waals surface area contributed by atoms with Crippen LogP contribution in [0.25, 0.3) is 121 Å². The molecule has 9 aromatic carbocycles. The van der Waals surface area contributed by atoms with Gasteiger partial charge in [0.15, 0.2) is 0 Å². The van der Waals surface area contributed by atoms with Gasteiger partial charge in [0, 0.05) is 48.7 Å². The monoisotopic (exact) mass is 726 g/mol. The second kappa shape index (κ2) is 11.4. The van der Waals surface area contributed by atoms with Gasteiger partial charge in [0.2, 0.25) is 5.95 Å². The topological polar surface area (TPSA) is 48.8 Å². The predicted octanol–water partition coefficient (Wildman–Crippen LogP) is 13.7. The van der Waals surface area contributed by atoms with Crippen LogP contribution < -0.4 is 0 Å². The van der Waals surface area contributed by atoms with E-state index in [4.69, 9.17) is 14.4 Å². The first kappa shape index (κ1) is 30.6. The van der Waals surface area contributed by atoms with E-state index in [9.17, 15) is 0 Å². The summed E-state index contributed by atoms with van der Waals surface area (Å²) in [4.78, 5) is 10.8. The minimum atomic E-state index is 0.632. The second-order valence-electron chi connectivity index (χ2n) is 15.0. The summed E-state index contributed by atoms with van der Waals surface area (Å²) in [5.41, 5.74) is 10.1. The quantitative estimate of drug-likeness (QED) is 0.182. The van der Waals surface area contributed by atoms with Gasteiger partial charge < -0.3 is 8.98 Å². The highest BCUT2D eigenvalue weighted by Crippen LogP contribution is 2.41. The van der Waals surface area contributed by atoms with Gasteiger partial charge in [-0.2, -0.15) is 0 Å². The fourth-order valence-electron chi connectivity index (χ4n) is 9.39. The highest BCUT2D eigenvalue weighted by molar-refractivity contribution is 6.22. The van der Waals surface area contributed by atoms with Crippen LogP contribution in [0.2, 0.25) is 0 Å². The zero-order valence-electron chi connectivity index (χ0n) is 30.5. The Kier molecular flexibility index (Phi) is 6.10. The van der Waals surface area contributed by atoms with Gasteiger partial charge in [0.1, 0.15) is 11.2 Å². The molecule has 0 aliphatic heterocycles. The van der Waals surface area contributed by atoms with Gasteiger partial charge in [-0.25, -0.2) is 9.97 Å². The maximum Gasteiger partial charge on any atom is 0.235 e. The molecule has 4 aromatic heterocycles. The molecule has 264 valence electrons. The summed E-state index contributed by atoms with van der Waals surface area (Å²) < 4.78 is 10.9. The van der Waals surface area contributed by atoms with Crippen molar-refractivity contribution in [3.63, 3.8) is 0 Å². The molecule has 13 rings (SSSR count). The molecular formula is C52H30N4O. The molecule has 0 saturated heterocycles. The molecule has 0 radical (unpaired) electrons. The van der Waals surface area contributed by atoms with Gasteiger partial charge in [-0.1, -0.05) is 115 Å². The first-order chi connectivity index (χ1) is 28.3. The molecule has 0 aliphatic carbocycles. The standard InChI is InChI=1S/C52H30N4O/c1-2-14-34-31(12-1)24-26-46-50(34)38-18-5-9-21-44(38)55(46)45-22-11-13-32-28-40-35-15-4-8-20-43(35)56(47(40)30-39(32)45)52-53-42-19-7-3-17-37(42)51(54-52)33-25-27-49-41(29-33)36-16-6-10-23-48(36)57-49/h1-30H. The average molecular weight is 727 g/mol. The van der Waals surface area contributed by atoms with Crippen molar-refractivity contribution in [2.24, 2.45) is 0 Å². The third kappa shape index (κ3) is 4.28. The molecule has 0 amide bonds. The Balaban J connectivity index is 1.11. The molecule has 0 N–H and O–H groups in total. The Hall–Kier alpha value is -7.76. The fourth-order valence-corrected chi connectivity index (χ4v) is 9.39. The largest absolute Gasteiger partial charge is 0.456 e. The van der Waals surface area contributed by atoms with Crippen molar-refractivity contribution in [3.8, 4) is 22.9 Å². The SMILES string of the molecule is c1cc(-n2c3ccccc3c3c4ccccc4ccc32)c2cc3c(cc2c1)c1ccccc1n3-c1nc(-c2ccc3oc4ccccc4c3c2)c2ccccc2n1. The number of fused-ring (bicyclic) bond motifs is 13. The smallest absolute Gasteiger partial charge is 0.235 e. The third-order valence-electron chi connectivity index (χ3n) is 11.9. The van der Waals surface area contributed by atoms with E-state index in [1.54, 1.807) is 0 Å². The van der Waals surface area contributed by atoms with E-state index in [0.29, 0.717) is 5.95 Å². The van der Waals surface area contributed by atoms with Crippen LogP contribution in [0.5, 0.6) is 0 Å². The van der Waals surface area contributed by atoms with Gasteiger partial charge in [-0.15, -0.1) is 0 Å². The van der Waals surface area contributed by atoms with Crippen molar-refractivity contribution >= 4 is 98.0 Å². The van der Waals surface area contributed by atoms with E-state index in [1.807, 2.05) is 12.1 Å². The Labute approximate surface area is 325 Å². The van der Waals surface area contributed by atoms with E-state index in [0.717, 1.165) is 77.0 Å². The van der Waals surface area contributed by atoms with E-state index < -0.39 is 0 Å². The zero-order chi connectivity index (χ0) is 37.2. The lowest BCUT2D eigenvalue weighted by Gasteiger charge is -2.14. The first-order valence-electron chi connectivity index (χ1n) is 19.3. The van der Waals surface area contributed by atoms with Gasteiger partial charge in [-0.3, -0.25) is 4.57 Å². The Morgan fingerprint density at radius 2 is 1.07 bits per heavy atom. The lowest BCUT2D eigenvalue weighted by molar-refractivity contribution is 0.669. The average Bonchev–Trinajstić information content (AvgIpc) is 3.92. The third-order valence-corrected chi connectivity index (χ3v) is 11.9. The molecule has 0 unspecified atom stereocenters. The second-order valence-corrected chi connectivity index (χ2v) is 15.0. The molecule has 13 aromatic rings. The number of nitrogens with zero attached hydrogens (tertiary/aromatic N) is 4. The van der Waals surface area contributed by atoms with Crippen molar-refractivity contribution < 1.29 is 4.42 Å². The lowest BCUT2D eigenvalue weighted by atomic mass is 10.0. The molecule has 0 aliphatic rings. The molecular weight excluding hydrogens is 697 g/mol. The first-order valence-corrected chi connectivity index (χ1v) is 19.3. The van der Waals surface area contributed by atoms with Crippen molar-refractivity contribution in [3.05, 3.63) is 182 Å². The number of benzene rings is 9. The van der Waals surface area contributed by atoms with Crippen molar-refractivity contribution in [2.45, 2.75) is 0 Å². The highest BCUT2D eigenvalue weighted by Gasteiger charge is 2.21. The lowest BCUT2D eigenvalue weighted by Crippen LogP contribution is -2.03. The fraction of sp³-hybridized carbons (Fsp3) is 0. The Bertz CT molecular complexity index is 3830. The molecule has 57 heavy (non-hydrogen) atoms. The van der Waals surface area contributed by atoms with Crippen LogP contribution in [-0.4, -0.2) is 19.1 Å². The normalized spacial score (nSPS) is 12.2. The number of hydrogen-bond donors (Lipinski definition) is 0. The number of para-hydroxylation sites is 4. The number of hydrogen-bond acceptors (Lipinski definition) is 3. The summed E-state index contributed by atoms with van der Waals surface area (Å²) in [6.07, 6.45) is 0.